The van der Waals surface area contributed by atoms with Gasteiger partial charge in [0.15, 0.2) is 0 Å². The maximum Gasteiger partial charge on any atom is 0.317 e. The van der Waals surface area contributed by atoms with Crippen LogP contribution in [0.2, 0.25) is 0 Å². The van der Waals surface area contributed by atoms with Crippen LogP contribution >= 0.6 is 0 Å². The van der Waals surface area contributed by atoms with Gasteiger partial charge in [0.25, 0.3) is 0 Å². The highest BCUT2D eigenvalue weighted by Crippen LogP contribution is 2.22. The van der Waals surface area contributed by atoms with Gasteiger partial charge in [-0.15, -0.1) is 0 Å². The fourth-order valence-corrected chi connectivity index (χ4v) is 2.44. The third-order valence-electron chi connectivity index (χ3n) is 3.77. The molecule has 1 aliphatic carbocycles. The zero-order chi connectivity index (χ0) is 13.5. The third kappa shape index (κ3) is 5.25. The molecule has 0 spiro atoms. The molecule has 0 heterocycles. The minimum Gasteiger partial charge on any atom is -0.393 e. The summed E-state index contributed by atoms with van der Waals surface area (Å²) in [4.78, 5) is 13.7. The van der Waals surface area contributed by atoms with Gasteiger partial charge in [0.2, 0.25) is 0 Å². The lowest BCUT2D eigenvalue weighted by Gasteiger charge is -2.33. The topological polar surface area (TPSA) is 52.6 Å². The van der Waals surface area contributed by atoms with E-state index in [1.165, 1.54) is 0 Å². The van der Waals surface area contributed by atoms with E-state index in [9.17, 15) is 9.90 Å². The van der Waals surface area contributed by atoms with E-state index in [1.54, 1.807) is 4.90 Å². The predicted molar refractivity (Wildman–Crippen MR) is 73.5 cm³/mol. The molecule has 0 radical (unpaired) electrons. The van der Waals surface area contributed by atoms with Crippen molar-refractivity contribution in [1.82, 2.24) is 10.2 Å². The first kappa shape index (κ1) is 15.3. The molecule has 0 aromatic rings. The summed E-state index contributed by atoms with van der Waals surface area (Å²) in [6.07, 6.45) is 5.49. The summed E-state index contributed by atoms with van der Waals surface area (Å²) in [5.41, 5.74) is 0. The van der Waals surface area contributed by atoms with Gasteiger partial charge >= 0.3 is 6.03 Å². The minimum absolute atomic E-state index is 0.0279. The SMILES string of the molecule is CC(C)CCCNC(=O)N(C)C1CCC(O)CC1. The van der Waals surface area contributed by atoms with Gasteiger partial charge < -0.3 is 15.3 Å². The van der Waals surface area contributed by atoms with Gasteiger partial charge in [0.05, 0.1) is 6.10 Å². The Hall–Kier alpha value is -0.770. The van der Waals surface area contributed by atoms with Crippen molar-refractivity contribution in [2.45, 2.75) is 64.5 Å². The van der Waals surface area contributed by atoms with Crippen molar-refractivity contribution in [3.05, 3.63) is 0 Å². The highest BCUT2D eigenvalue weighted by Gasteiger charge is 2.25. The first-order chi connectivity index (χ1) is 8.50. The summed E-state index contributed by atoms with van der Waals surface area (Å²) >= 11 is 0. The Labute approximate surface area is 111 Å². The summed E-state index contributed by atoms with van der Waals surface area (Å²) in [7, 11) is 1.86. The summed E-state index contributed by atoms with van der Waals surface area (Å²) in [6, 6.07) is 0.318. The van der Waals surface area contributed by atoms with E-state index < -0.39 is 0 Å². The molecule has 0 unspecified atom stereocenters. The molecular weight excluding hydrogens is 228 g/mol. The van der Waals surface area contributed by atoms with Crippen LogP contribution in [0.15, 0.2) is 0 Å². The standard InChI is InChI=1S/C14H28N2O2/c1-11(2)5-4-10-15-14(18)16(3)12-6-8-13(17)9-7-12/h11-13,17H,4-10H2,1-3H3,(H,15,18). The fraction of sp³-hybridized carbons (Fsp3) is 0.929. The van der Waals surface area contributed by atoms with Crippen molar-refractivity contribution in [2.75, 3.05) is 13.6 Å². The molecule has 0 bridgehead atoms. The molecule has 0 aromatic heterocycles. The number of hydrogen-bond acceptors (Lipinski definition) is 2. The Morgan fingerprint density at radius 3 is 2.50 bits per heavy atom. The second-order valence-corrected chi connectivity index (χ2v) is 5.84. The summed E-state index contributed by atoms with van der Waals surface area (Å²) < 4.78 is 0. The first-order valence-electron chi connectivity index (χ1n) is 7.19. The van der Waals surface area contributed by atoms with Gasteiger partial charge in [-0.1, -0.05) is 13.8 Å². The molecule has 1 aliphatic rings. The summed E-state index contributed by atoms with van der Waals surface area (Å²) in [5, 5.41) is 12.4. The van der Waals surface area contributed by atoms with Gasteiger partial charge in [-0.05, 0) is 44.4 Å². The summed E-state index contributed by atoms with van der Waals surface area (Å²) in [5.74, 6) is 0.694. The largest absolute Gasteiger partial charge is 0.393 e. The van der Waals surface area contributed by atoms with Crippen molar-refractivity contribution < 1.29 is 9.90 Å². The van der Waals surface area contributed by atoms with Crippen LogP contribution in [0.5, 0.6) is 0 Å². The average molecular weight is 256 g/mol. The molecule has 4 heteroatoms. The van der Waals surface area contributed by atoms with E-state index in [0.29, 0.717) is 12.0 Å². The number of aliphatic hydroxyl groups is 1. The normalized spacial score (nSPS) is 24.1. The number of amides is 2. The number of aliphatic hydroxyl groups excluding tert-OH is 1. The van der Waals surface area contributed by atoms with E-state index in [-0.39, 0.29) is 12.1 Å². The molecule has 0 aromatic carbocycles. The second-order valence-electron chi connectivity index (χ2n) is 5.84. The lowest BCUT2D eigenvalue weighted by molar-refractivity contribution is 0.0918. The average Bonchev–Trinajstić information content (AvgIpc) is 2.34. The third-order valence-corrected chi connectivity index (χ3v) is 3.77. The molecular formula is C14H28N2O2. The maximum atomic E-state index is 11.9. The number of carbonyl (C=O) groups excluding carboxylic acids is 1. The number of carbonyl (C=O) groups is 1. The van der Waals surface area contributed by atoms with Crippen molar-refractivity contribution in [3.63, 3.8) is 0 Å². The molecule has 0 saturated heterocycles. The minimum atomic E-state index is -0.163. The van der Waals surface area contributed by atoms with Gasteiger partial charge in [-0.25, -0.2) is 4.79 Å². The zero-order valence-corrected chi connectivity index (χ0v) is 12.0. The Morgan fingerprint density at radius 1 is 1.33 bits per heavy atom. The van der Waals surface area contributed by atoms with E-state index in [4.69, 9.17) is 0 Å². The van der Waals surface area contributed by atoms with Crippen molar-refractivity contribution in [1.29, 1.82) is 0 Å². The van der Waals surface area contributed by atoms with Crippen LogP contribution < -0.4 is 5.32 Å². The Kier molecular flexibility index (Phi) is 6.47. The lowest BCUT2D eigenvalue weighted by atomic mass is 9.92. The maximum absolute atomic E-state index is 11.9. The van der Waals surface area contributed by atoms with Crippen LogP contribution in [0.4, 0.5) is 4.79 Å². The zero-order valence-electron chi connectivity index (χ0n) is 12.0. The van der Waals surface area contributed by atoms with Gasteiger partial charge in [0, 0.05) is 19.6 Å². The van der Waals surface area contributed by atoms with Gasteiger partial charge in [-0.2, -0.15) is 0 Å². The second kappa shape index (κ2) is 7.62. The van der Waals surface area contributed by atoms with Crippen LogP contribution in [0, 0.1) is 5.92 Å². The molecule has 1 saturated carbocycles. The van der Waals surface area contributed by atoms with Gasteiger partial charge in [0.1, 0.15) is 0 Å². The fourth-order valence-electron chi connectivity index (χ4n) is 2.44. The molecule has 18 heavy (non-hydrogen) atoms. The molecule has 1 fully saturated rings. The molecule has 4 nitrogen and oxygen atoms in total. The number of urea groups is 1. The Morgan fingerprint density at radius 2 is 1.94 bits per heavy atom. The smallest absolute Gasteiger partial charge is 0.317 e. The van der Waals surface area contributed by atoms with E-state index in [1.807, 2.05) is 7.05 Å². The number of nitrogens with one attached hydrogen (secondary N) is 1. The van der Waals surface area contributed by atoms with E-state index in [0.717, 1.165) is 45.1 Å². The molecule has 2 N–H and O–H groups in total. The van der Waals surface area contributed by atoms with Gasteiger partial charge in [-0.3, -0.25) is 0 Å². The first-order valence-corrected chi connectivity index (χ1v) is 7.19. The number of rotatable bonds is 5. The Bertz CT molecular complexity index is 248. The molecule has 0 aliphatic heterocycles. The van der Waals surface area contributed by atoms with Crippen molar-refractivity contribution in [3.8, 4) is 0 Å². The van der Waals surface area contributed by atoms with Crippen LogP contribution in [0.25, 0.3) is 0 Å². The Balaban J connectivity index is 2.20. The van der Waals surface area contributed by atoms with Crippen molar-refractivity contribution in [2.24, 2.45) is 5.92 Å². The predicted octanol–water partition coefficient (Wildman–Crippen LogP) is 2.37. The number of hydrogen-bond donors (Lipinski definition) is 2. The van der Waals surface area contributed by atoms with Crippen LogP contribution in [0.1, 0.15) is 52.4 Å². The highest BCUT2D eigenvalue weighted by molar-refractivity contribution is 5.74. The monoisotopic (exact) mass is 256 g/mol. The van der Waals surface area contributed by atoms with E-state index in [2.05, 4.69) is 19.2 Å². The van der Waals surface area contributed by atoms with E-state index >= 15 is 0 Å². The molecule has 106 valence electrons. The summed E-state index contributed by atoms with van der Waals surface area (Å²) in [6.45, 7) is 5.15. The van der Waals surface area contributed by atoms with Crippen LogP contribution in [0.3, 0.4) is 0 Å². The lowest BCUT2D eigenvalue weighted by Crippen LogP contribution is -2.45. The molecule has 2 amide bonds. The quantitative estimate of drug-likeness (QED) is 0.742. The van der Waals surface area contributed by atoms with Crippen LogP contribution in [-0.2, 0) is 0 Å². The number of nitrogens with zero attached hydrogens (tertiary/aromatic N) is 1. The van der Waals surface area contributed by atoms with Crippen molar-refractivity contribution >= 4 is 6.03 Å². The molecule has 0 atom stereocenters. The van der Waals surface area contributed by atoms with Crippen LogP contribution in [-0.4, -0.2) is 41.8 Å². The molecule has 1 rings (SSSR count). The highest BCUT2D eigenvalue weighted by atomic mass is 16.3.